The van der Waals surface area contributed by atoms with E-state index in [1.807, 2.05) is 0 Å². The van der Waals surface area contributed by atoms with Crippen molar-refractivity contribution in [2.75, 3.05) is 0 Å². The van der Waals surface area contributed by atoms with E-state index < -0.39 is 0 Å². The van der Waals surface area contributed by atoms with Crippen LogP contribution >= 0.6 is 0 Å². The largest absolute Gasteiger partial charge is 0.292 e. The fourth-order valence-corrected chi connectivity index (χ4v) is 8.10. The van der Waals surface area contributed by atoms with Gasteiger partial charge >= 0.3 is 0 Å². The summed E-state index contributed by atoms with van der Waals surface area (Å²) in [6, 6.07) is 74.1. The molecule has 0 atom stereocenters. The molecule has 2 nitrogen and oxygen atoms in total. The normalized spacial score (nSPS) is 11.4. The number of hydrogen-bond donors (Lipinski definition) is 0. The molecule has 0 fully saturated rings. The van der Waals surface area contributed by atoms with E-state index in [4.69, 9.17) is 4.98 Å². The van der Waals surface area contributed by atoms with E-state index in [0.717, 1.165) is 28.1 Å². The van der Waals surface area contributed by atoms with E-state index in [1.165, 1.54) is 66.1 Å². The van der Waals surface area contributed by atoms with Gasteiger partial charge in [-0.15, -0.1) is 0 Å². The van der Waals surface area contributed by atoms with Crippen molar-refractivity contribution in [2.45, 2.75) is 0 Å². The van der Waals surface area contributed by atoms with Crippen molar-refractivity contribution >= 4 is 32.6 Å². The Hall–Kier alpha value is -7.03. The quantitative estimate of drug-likeness (QED) is 0.161. The van der Waals surface area contributed by atoms with Crippen molar-refractivity contribution in [3.63, 3.8) is 0 Å². The summed E-state index contributed by atoms with van der Waals surface area (Å²) in [4.78, 5) is 5.29. The minimum atomic E-state index is 0.918. The molecule has 10 rings (SSSR count). The number of nitrogens with zero attached hydrogens (tertiary/aromatic N) is 2. The fraction of sp³-hybridized carbons (Fsp3) is 0. The van der Waals surface area contributed by atoms with Gasteiger partial charge in [-0.3, -0.25) is 4.57 Å². The third-order valence-corrected chi connectivity index (χ3v) is 10.4. The Labute approximate surface area is 308 Å². The second-order valence-electron chi connectivity index (χ2n) is 13.5. The van der Waals surface area contributed by atoms with Crippen LogP contribution < -0.4 is 0 Å². The molecule has 2 heteroatoms. The summed E-state index contributed by atoms with van der Waals surface area (Å²) in [7, 11) is 0. The molecular weight excluding hydrogens is 641 g/mol. The van der Waals surface area contributed by atoms with Crippen molar-refractivity contribution in [1.29, 1.82) is 0 Å². The molecule has 10 aromatic rings. The lowest BCUT2D eigenvalue weighted by atomic mass is 9.82. The van der Waals surface area contributed by atoms with E-state index in [9.17, 15) is 0 Å². The SMILES string of the molecule is c1ccc(-c2ccccc2-c2c3ccccc3c(-c3ccccc3-c3ccccc3)c3cc(-c4nc5ccccc5n4-c4ccccc4)ccc23)cc1. The number of rotatable bonds is 6. The Morgan fingerprint density at radius 1 is 0.321 bits per heavy atom. The van der Waals surface area contributed by atoms with Gasteiger partial charge in [0.2, 0.25) is 0 Å². The van der Waals surface area contributed by atoms with Crippen LogP contribution in [0, 0.1) is 0 Å². The van der Waals surface area contributed by atoms with Crippen LogP contribution in [-0.2, 0) is 0 Å². The maximum Gasteiger partial charge on any atom is 0.145 e. The first-order valence-electron chi connectivity index (χ1n) is 18.1. The van der Waals surface area contributed by atoms with Gasteiger partial charge in [0.1, 0.15) is 5.82 Å². The van der Waals surface area contributed by atoms with Gasteiger partial charge in [0.15, 0.2) is 0 Å². The van der Waals surface area contributed by atoms with Crippen LogP contribution in [0.2, 0.25) is 0 Å². The Kier molecular flexibility index (Phi) is 7.51. The third kappa shape index (κ3) is 5.23. The number of hydrogen-bond acceptors (Lipinski definition) is 1. The minimum Gasteiger partial charge on any atom is -0.292 e. The maximum atomic E-state index is 5.29. The lowest BCUT2D eigenvalue weighted by Crippen LogP contribution is -1.98. The van der Waals surface area contributed by atoms with Crippen LogP contribution in [-0.4, -0.2) is 9.55 Å². The average molecular weight is 675 g/mol. The Bertz CT molecular complexity index is 2920. The van der Waals surface area contributed by atoms with E-state index in [1.54, 1.807) is 0 Å². The van der Waals surface area contributed by atoms with Gasteiger partial charge in [0.25, 0.3) is 0 Å². The lowest BCUT2D eigenvalue weighted by molar-refractivity contribution is 1.10. The second kappa shape index (κ2) is 12.9. The minimum absolute atomic E-state index is 0.918. The van der Waals surface area contributed by atoms with Gasteiger partial charge in [-0.1, -0.05) is 176 Å². The number of imidazole rings is 1. The molecule has 0 unspecified atom stereocenters. The molecule has 0 spiro atoms. The number of aromatic nitrogens is 2. The smallest absolute Gasteiger partial charge is 0.145 e. The van der Waals surface area contributed by atoms with Crippen molar-refractivity contribution in [1.82, 2.24) is 9.55 Å². The van der Waals surface area contributed by atoms with Gasteiger partial charge in [0, 0.05) is 11.3 Å². The van der Waals surface area contributed by atoms with Crippen LogP contribution in [0.5, 0.6) is 0 Å². The van der Waals surface area contributed by atoms with Crippen LogP contribution in [0.3, 0.4) is 0 Å². The molecule has 0 radical (unpaired) electrons. The predicted octanol–water partition coefficient (Wildman–Crippen LogP) is 13.7. The van der Waals surface area contributed by atoms with Crippen molar-refractivity contribution in [3.05, 3.63) is 206 Å². The highest BCUT2D eigenvalue weighted by atomic mass is 15.1. The van der Waals surface area contributed by atoms with Crippen LogP contribution in [0.1, 0.15) is 0 Å². The van der Waals surface area contributed by atoms with Gasteiger partial charge < -0.3 is 0 Å². The molecule has 1 heterocycles. The van der Waals surface area contributed by atoms with E-state index in [0.29, 0.717) is 0 Å². The Morgan fingerprint density at radius 3 is 1.38 bits per heavy atom. The molecule has 0 saturated carbocycles. The molecule has 53 heavy (non-hydrogen) atoms. The molecule has 0 aliphatic rings. The first kappa shape index (κ1) is 30.8. The summed E-state index contributed by atoms with van der Waals surface area (Å²) < 4.78 is 2.29. The summed E-state index contributed by atoms with van der Waals surface area (Å²) in [5.41, 5.74) is 13.9. The van der Waals surface area contributed by atoms with Crippen LogP contribution in [0.4, 0.5) is 0 Å². The highest BCUT2D eigenvalue weighted by Crippen LogP contribution is 2.48. The first-order chi connectivity index (χ1) is 26.3. The van der Waals surface area contributed by atoms with Crippen LogP contribution in [0.15, 0.2) is 206 Å². The van der Waals surface area contributed by atoms with Gasteiger partial charge in [0.05, 0.1) is 11.0 Å². The molecule has 9 aromatic carbocycles. The van der Waals surface area contributed by atoms with Gasteiger partial charge in [-0.05, 0) is 96.4 Å². The number of fused-ring (bicyclic) bond motifs is 3. The molecular formula is C51H34N2. The zero-order valence-corrected chi connectivity index (χ0v) is 29.0. The van der Waals surface area contributed by atoms with Crippen LogP contribution in [0.25, 0.3) is 94.2 Å². The van der Waals surface area contributed by atoms with Crippen molar-refractivity contribution < 1.29 is 0 Å². The molecule has 0 aliphatic carbocycles. The molecule has 0 amide bonds. The summed E-state index contributed by atoms with van der Waals surface area (Å²) in [5.74, 6) is 0.918. The zero-order chi connectivity index (χ0) is 35.1. The fourth-order valence-electron chi connectivity index (χ4n) is 8.10. The maximum absolute atomic E-state index is 5.29. The number of benzene rings is 9. The summed E-state index contributed by atoms with van der Waals surface area (Å²) in [6.07, 6.45) is 0. The van der Waals surface area contributed by atoms with E-state index in [2.05, 4.69) is 211 Å². The van der Waals surface area contributed by atoms with E-state index in [-0.39, 0.29) is 0 Å². The Morgan fingerprint density at radius 2 is 0.774 bits per heavy atom. The highest BCUT2D eigenvalue weighted by molar-refractivity contribution is 6.23. The van der Waals surface area contributed by atoms with Crippen molar-refractivity contribution in [3.8, 4) is 61.6 Å². The third-order valence-electron chi connectivity index (χ3n) is 10.4. The molecule has 0 saturated heterocycles. The standard InChI is InChI=1S/C51H34N2/c1-4-18-35(19-5-1)39-24-10-12-26-41(39)49-43-28-14-15-29-44(43)50(42-27-13-11-25-40(42)36-20-6-2-7-21-36)46-34-37(32-33-45(46)49)51-52-47-30-16-17-31-48(47)53(51)38-22-8-3-9-23-38/h1-34H. The molecule has 0 aliphatic heterocycles. The first-order valence-corrected chi connectivity index (χ1v) is 18.1. The topological polar surface area (TPSA) is 17.8 Å². The van der Waals surface area contributed by atoms with E-state index >= 15 is 0 Å². The zero-order valence-electron chi connectivity index (χ0n) is 29.0. The molecule has 0 N–H and O–H groups in total. The lowest BCUT2D eigenvalue weighted by Gasteiger charge is -2.22. The monoisotopic (exact) mass is 674 g/mol. The highest BCUT2D eigenvalue weighted by Gasteiger charge is 2.22. The summed E-state index contributed by atoms with van der Waals surface area (Å²) in [6.45, 7) is 0. The second-order valence-corrected chi connectivity index (χ2v) is 13.5. The summed E-state index contributed by atoms with van der Waals surface area (Å²) >= 11 is 0. The molecule has 0 bridgehead atoms. The molecule has 1 aromatic heterocycles. The van der Waals surface area contributed by atoms with Crippen molar-refractivity contribution in [2.24, 2.45) is 0 Å². The number of para-hydroxylation sites is 3. The Balaban J connectivity index is 1.35. The average Bonchev–Trinajstić information content (AvgIpc) is 3.63. The summed E-state index contributed by atoms with van der Waals surface area (Å²) in [5, 5.41) is 4.84. The van der Waals surface area contributed by atoms with Gasteiger partial charge in [-0.25, -0.2) is 4.98 Å². The molecule has 248 valence electrons. The predicted molar refractivity (Wildman–Crippen MR) is 223 cm³/mol. The van der Waals surface area contributed by atoms with Gasteiger partial charge in [-0.2, -0.15) is 0 Å².